The third-order valence-electron chi connectivity index (χ3n) is 2.34. The first-order valence-electron chi connectivity index (χ1n) is 5.18. The summed E-state index contributed by atoms with van der Waals surface area (Å²) in [5, 5.41) is 3.01. The predicted octanol–water partition coefficient (Wildman–Crippen LogP) is 3.31. The van der Waals surface area contributed by atoms with Crippen LogP contribution in [0.3, 0.4) is 0 Å². The smallest absolute Gasteiger partial charge is 0.257 e. The molecule has 2 aromatic carbocycles. The highest BCUT2D eigenvalue weighted by Gasteiger charge is 2.10. The molecule has 0 heterocycles. The molecule has 0 aliphatic rings. The first-order chi connectivity index (χ1) is 8.56. The highest BCUT2D eigenvalue weighted by Crippen LogP contribution is 2.19. The Balaban J connectivity index is 2.22. The molecule has 18 heavy (non-hydrogen) atoms. The van der Waals surface area contributed by atoms with Crippen molar-refractivity contribution in [3.63, 3.8) is 0 Å². The summed E-state index contributed by atoms with van der Waals surface area (Å²) in [5.74, 6) is -0.827. The van der Waals surface area contributed by atoms with Crippen LogP contribution in [0.1, 0.15) is 10.4 Å². The van der Waals surface area contributed by atoms with E-state index in [9.17, 15) is 9.18 Å². The summed E-state index contributed by atoms with van der Waals surface area (Å²) in [4.78, 5) is 11.9. The van der Waals surface area contributed by atoms with Crippen molar-refractivity contribution in [2.45, 2.75) is 0 Å². The molecule has 2 rings (SSSR count). The summed E-state index contributed by atoms with van der Waals surface area (Å²) in [5.41, 5.74) is 6.63. The van der Waals surface area contributed by atoms with E-state index in [1.54, 1.807) is 12.1 Å². The summed E-state index contributed by atoms with van der Waals surface area (Å²) in [7, 11) is 0. The van der Waals surface area contributed by atoms with E-state index < -0.39 is 11.7 Å². The van der Waals surface area contributed by atoms with Gasteiger partial charge in [-0.1, -0.05) is 17.7 Å². The second-order valence-electron chi connectivity index (χ2n) is 3.70. The maximum atomic E-state index is 13.0. The Morgan fingerprint density at radius 2 is 2.00 bits per heavy atom. The molecular formula is C13H10ClFN2O. The number of carbonyl (C=O) groups excluding carboxylic acids is 1. The number of nitrogens with two attached hydrogens (primary N) is 1. The third-order valence-corrected chi connectivity index (χ3v) is 2.58. The van der Waals surface area contributed by atoms with Crippen molar-refractivity contribution in [3.8, 4) is 0 Å². The lowest BCUT2D eigenvalue weighted by Gasteiger charge is -2.07. The number of rotatable bonds is 2. The van der Waals surface area contributed by atoms with Crippen LogP contribution in [0.5, 0.6) is 0 Å². The largest absolute Gasteiger partial charge is 0.398 e. The van der Waals surface area contributed by atoms with Crippen LogP contribution >= 0.6 is 11.6 Å². The van der Waals surface area contributed by atoms with Gasteiger partial charge in [0.05, 0.1) is 5.56 Å². The number of nitrogens with one attached hydrogen (secondary N) is 1. The Kier molecular flexibility index (Phi) is 3.48. The molecule has 0 fully saturated rings. The van der Waals surface area contributed by atoms with Crippen LogP contribution in [-0.2, 0) is 0 Å². The van der Waals surface area contributed by atoms with Crippen LogP contribution in [0.15, 0.2) is 42.5 Å². The van der Waals surface area contributed by atoms with Crippen molar-refractivity contribution < 1.29 is 9.18 Å². The van der Waals surface area contributed by atoms with Gasteiger partial charge in [0.25, 0.3) is 5.91 Å². The van der Waals surface area contributed by atoms with E-state index >= 15 is 0 Å². The van der Waals surface area contributed by atoms with Gasteiger partial charge in [-0.3, -0.25) is 4.79 Å². The van der Waals surface area contributed by atoms with Gasteiger partial charge in [0.1, 0.15) is 5.82 Å². The van der Waals surface area contributed by atoms with Gasteiger partial charge in [0.15, 0.2) is 0 Å². The lowest BCUT2D eigenvalue weighted by Crippen LogP contribution is -2.14. The third kappa shape index (κ3) is 2.78. The Morgan fingerprint density at radius 1 is 1.22 bits per heavy atom. The van der Waals surface area contributed by atoms with E-state index in [0.717, 1.165) is 0 Å². The van der Waals surface area contributed by atoms with Gasteiger partial charge in [-0.25, -0.2) is 4.39 Å². The van der Waals surface area contributed by atoms with Gasteiger partial charge >= 0.3 is 0 Å². The zero-order valence-electron chi connectivity index (χ0n) is 9.28. The van der Waals surface area contributed by atoms with Crippen molar-refractivity contribution in [1.82, 2.24) is 0 Å². The van der Waals surface area contributed by atoms with Crippen LogP contribution in [0.4, 0.5) is 15.8 Å². The first-order valence-corrected chi connectivity index (χ1v) is 5.56. The maximum absolute atomic E-state index is 13.0. The second kappa shape index (κ2) is 5.06. The average Bonchev–Trinajstić information content (AvgIpc) is 2.28. The Bertz CT molecular complexity index is 601. The molecule has 0 spiro atoms. The predicted molar refractivity (Wildman–Crippen MR) is 70.2 cm³/mol. The molecular weight excluding hydrogens is 255 g/mol. The van der Waals surface area contributed by atoms with Crippen molar-refractivity contribution in [1.29, 1.82) is 0 Å². The summed E-state index contributed by atoms with van der Waals surface area (Å²) in [6.07, 6.45) is 0. The SMILES string of the molecule is Nc1cc(Cl)ccc1C(=O)Nc1cccc(F)c1. The van der Waals surface area contributed by atoms with E-state index in [-0.39, 0.29) is 5.69 Å². The summed E-state index contributed by atoms with van der Waals surface area (Å²) < 4.78 is 13.0. The molecule has 0 radical (unpaired) electrons. The molecule has 92 valence electrons. The lowest BCUT2D eigenvalue weighted by atomic mass is 10.1. The normalized spacial score (nSPS) is 10.1. The number of nitrogen functional groups attached to an aromatic ring is 1. The summed E-state index contributed by atoms with van der Waals surface area (Å²) >= 11 is 5.74. The molecule has 3 N–H and O–H groups in total. The number of carbonyl (C=O) groups is 1. The number of anilines is 2. The van der Waals surface area contributed by atoms with Crippen LogP contribution in [-0.4, -0.2) is 5.91 Å². The molecule has 0 saturated heterocycles. The van der Waals surface area contributed by atoms with E-state index in [2.05, 4.69) is 5.32 Å². The molecule has 0 bridgehead atoms. The number of hydrogen-bond acceptors (Lipinski definition) is 2. The van der Waals surface area contributed by atoms with Gasteiger partial charge in [-0.2, -0.15) is 0 Å². The highest BCUT2D eigenvalue weighted by atomic mass is 35.5. The Hall–Kier alpha value is -2.07. The molecule has 5 heteroatoms. The first kappa shape index (κ1) is 12.4. The zero-order chi connectivity index (χ0) is 13.1. The van der Waals surface area contributed by atoms with Gasteiger partial charge in [-0.05, 0) is 36.4 Å². The minimum Gasteiger partial charge on any atom is -0.398 e. The molecule has 0 unspecified atom stereocenters. The van der Waals surface area contributed by atoms with Crippen molar-refractivity contribution in [2.24, 2.45) is 0 Å². The molecule has 0 atom stereocenters. The van der Waals surface area contributed by atoms with E-state index in [0.29, 0.717) is 16.3 Å². The van der Waals surface area contributed by atoms with Gasteiger partial charge in [-0.15, -0.1) is 0 Å². The fourth-order valence-corrected chi connectivity index (χ4v) is 1.69. The minimum absolute atomic E-state index is 0.274. The molecule has 0 saturated carbocycles. The minimum atomic E-state index is -0.420. The fourth-order valence-electron chi connectivity index (χ4n) is 1.51. The van der Waals surface area contributed by atoms with E-state index in [4.69, 9.17) is 17.3 Å². The summed E-state index contributed by atoms with van der Waals surface area (Å²) in [6, 6.07) is 10.2. The zero-order valence-corrected chi connectivity index (χ0v) is 10.0. The standard InChI is InChI=1S/C13H10ClFN2O/c14-8-4-5-11(12(16)6-8)13(18)17-10-3-1-2-9(15)7-10/h1-7H,16H2,(H,17,18). The quantitative estimate of drug-likeness (QED) is 0.818. The van der Waals surface area contributed by atoms with Crippen LogP contribution < -0.4 is 11.1 Å². The van der Waals surface area contributed by atoms with E-state index in [1.165, 1.54) is 30.3 Å². The van der Waals surface area contributed by atoms with Crippen molar-refractivity contribution >= 4 is 28.9 Å². The molecule has 1 amide bonds. The highest BCUT2D eigenvalue weighted by molar-refractivity contribution is 6.31. The molecule has 0 aromatic heterocycles. The average molecular weight is 265 g/mol. The lowest BCUT2D eigenvalue weighted by molar-refractivity contribution is 0.102. The maximum Gasteiger partial charge on any atom is 0.257 e. The fraction of sp³-hybridized carbons (Fsp3) is 0. The second-order valence-corrected chi connectivity index (χ2v) is 4.13. The molecule has 2 aromatic rings. The van der Waals surface area contributed by atoms with Crippen molar-refractivity contribution in [2.75, 3.05) is 11.1 Å². The van der Waals surface area contributed by atoms with Crippen molar-refractivity contribution in [3.05, 3.63) is 58.9 Å². The van der Waals surface area contributed by atoms with Gasteiger partial charge < -0.3 is 11.1 Å². The molecule has 0 aliphatic carbocycles. The topological polar surface area (TPSA) is 55.1 Å². The van der Waals surface area contributed by atoms with Gasteiger partial charge in [0, 0.05) is 16.4 Å². The van der Waals surface area contributed by atoms with Crippen LogP contribution in [0, 0.1) is 5.82 Å². The Morgan fingerprint density at radius 3 is 2.67 bits per heavy atom. The van der Waals surface area contributed by atoms with E-state index in [1.807, 2.05) is 0 Å². The number of benzene rings is 2. The van der Waals surface area contributed by atoms with Crippen LogP contribution in [0.2, 0.25) is 5.02 Å². The number of halogens is 2. The summed E-state index contributed by atoms with van der Waals surface area (Å²) in [6.45, 7) is 0. The van der Waals surface area contributed by atoms with Crippen LogP contribution in [0.25, 0.3) is 0 Å². The monoisotopic (exact) mass is 264 g/mol. The molecule has 0 aliphatic heterocycles. The number of hydrogen-bond donors (Lipinski definition) is 2. The van der Waals surface area contributed by atoms with Gasteiger partial charge in [0.2, 0.25) is 0 Å². The number of amides is 1. The Labute approximate surface area is 108 Å². The molecule has 3 nitrogen and oxygen atoms in total.